The molecule has 24 heavy (non-hydrogen) atoms. The van der Waals surface area contributed by atoms with Crippen LogP contribution in [0.25, 0.3) is 0 Å². The third-order valence-corrected chi connectivity index (χ3v) is 5.67. The van der Waals surface area contributed by atoms with E-state index in [-0.39, 0.29) is 0 Å². The molecule has 1 atom stereocenters. The lowest BCUT2D eigenvalue weighted by Gasteiger charge is -2.43. The van der Waals surface area contributed by atoms with Crippen LogP contribution in [0.1, 0.15) is 43.2 Å². The summed E-state index contributed by atoms with van der Waals surface area (Å²) >= 11 is 0. The van der Waals surface area contributed by atoms with Crippen molar-refractivity contribution in [3.63, 3.8) is 0 Å². The van der Waals surface area contributed by atoms with E-state index >= 15 is 0 Å². The minimum absolute atomic E-state index is 0.481. The summed E-state index contributed by atoms with van der Waals surface area (Å²) in [6.45, 7) is 2.65. The van der Waals surface area contributed by atoms with Crippen molar-refractivity contribution < 1.29 is 4.74 Å². The zero-order valence-corrected chi connectivity index (χ0v) is 14.4. The zero-order chi connectivity index (χ0) is 16.2. The average molecular weight is 321 g/mol. The molecule has 4 rings (SSSR count). The van der Waals surface area contributed by atoms with Gasteiger partial charge in [0.15, 0.2) is 0 Å². The lowest BCUT2D eigenvalue weighted by molar-refractivity contribution is -0.00836. The maximum absolute atomic E-state index is 6.11. The molecule has 126 valence electrons. The summed E-state index contributed by atoms with van der Waals surface area (Å²) in [5.74, 6) is 0. The fourth-order valence-electron chi connectivity index (χ4n) is 4.17. The number of likely N-dealkylation sites (tertiary alicyclic amines) is 1. The van der Waals surface area contributed by atoms with E-state index in [0.29, 0.717) is 11.6 Å². The van der Waals surface area contributed by atoms with Crippen LogP contribution in [-0.4, -0.2) is 23.1 Å². The summed E-state index contributed by atoms with van der Waals surface area (Å²) in [6.07, 6.45) is 6.73. The highest BCUT2D eigenvalue weighted by atomic mass is 16.5. The largest absolute Gasteiger partial charge is 0.375 e. The Labute approximate surface area is 145 Å². The van der Waals surface area contributed by atoms with E-state index in [1.165, 1.54) is 43.2 Å². The van der Waals surface area contributed by atoms with Crippen LogP contribution < -0.4 is 0 Å². The number of benzene rings is 2. The van der Waals surface area contributed by atoms with E-state index < -0.39 is 0 Å². The SMILES string of the molecule is c1ccc(COCC2CCCC3(CC3)N2Cc2ccccc2)cc1. The molecule has 1 aliphatic carbocycles. The quantitative estimate of drug-likeness (QED) is 0.758. The van der Waals surface area contributed by atoms with Crippen molar-refractivity contribution in [2.45, 2.75) is 56.8 Å². The van der Waals surface area contributed by atoms with E-state index in [2.05, 4.69) is 65.6 Å². The number of nitrogens with zero attached hydrogens (tertiary/aromatic N) is 1. The van der Waals surface area contributed by atoms with Crippen LogP contribution in [0.5, 0.6) is 0 Å². The number of hydrogen-bond donors (Lipinski definition) is 0. The van der Waals surface area contributed by atoms with Crippen LogP contribution in [0, 0.1) is 0 Å². The Morgan fingerprint density at radius 1 is 0.875 bits per heavy atom. The monoisotopic (exact) mass is 321 g/mol. The highest BCUT2D eigenvalue weighted by molar-refractivity contribution is 5.18. The predicted octanol–water partition coefficient (Wildman–Crippen LogP) is 4.79. The lowest BCUT2D eigenvalue weighted by Crippen LogP contribution is -2.49. The Hall–Kier alpha value is -1.64. The summed E-state index contributed by atoms with van der Waals surface area (Å²) in [5, 5.41) is 0. The molecule has 2 aromatic rings. The van der Waals surface area contributed by atoms with Gasteiger partial charge in [0.05, 0.1) is 13.2 Å². The van der Waals surface area contributed by atoms with Gasteiger partial charge in [-0.1, -0.05) is 60.7 Å². The Balaban J connectivity index is 1.40. The van der Waals surface area contributed by atoms with Crippen molar-refractivity contribution in [2.75, 3.05) is 6.61 Å². The molecule has 0 radical (unpaired) electrons. The van der Waals surface area contributed by atoms with Crippen LogP contribution >= 0.6 is 0 Å². The molecule has 2 fully saturated rings. The van der Waals surface area contributed by atoms with Gasteiger partial charge in [0.25, 0.3) is 0 Å². The van der Waals surface area contributed by atoms with Crippen LogP contribution in [0.15, 0.2) is 60.7 Å². The van der Waals surface area contributed by atoms with Gasteiger partial charge in [0.1, 0.15) is 0 Å². The summed E-state index contributed by atoms with van der Waals surface area (Å²) in [6, 6.07) is 22.0. The molecule has 0 amide bonds. The van der Waals surface area contributed by atoms with Gasteiger partial charge >= 0.3 is 0 Å². The fourth-order valence-corrected chi connectivity index (χ4v) is 4.17. The van der Waals surface area contributed by atoms with Gasteiger partial charge in [-0.05, 0) is 43.2 Å². The molecular formula is C22H27NO. The molecule has 1 saturated heterocycles. The highest BCUT2D eigenvalue weighted by Gasteiger charge is 2.51. The normalized spacial score (nSPS) is 22.6. The molecule has 1 heterocycles. The molecule has 1 saturated carbocycles. The maximum atomic E-state index is 6.11. The van der Waals surface area contributed by atoms with Gasteiger partial charge in [0.2, 0.25) is 0 Å². The molecule has 0 aromatic heterocycles. The van der Waals surface area contributed by atoms with Gasteiger partial charge in [-0.2, -0.15) is 0 Å². The van der Waals surface area contributed by atoms with E-state index in [4.69, 9.17) is 4.74 Å². The van der Waals surface area contributed by atoms with Gasteiger partial charge in [-0.25, -0.2) is 0 Å². The van der Waals surface area contributed by atoms with E-state index in [0.717, 1.165) is 19.8 Å². The van der Waals surface area contributed by atoms with Crippen molar-refractivity contribution >= 4 is 0 Å². The molecule has 1 aliphatic heterocycles. The van der Waals surface area contributed by atoms with Gasteiger partial charge in [-0.3, -0.25) is 4.90 Å². The number of rotatable bonds is 6. The summed E-state index contributed by atoms with van der Waals surface area (Å²) < 4.78 is 6.11. The number of piperidine rings is 1. The minimum atomic E-state index is 0.481. The Morgan fingerprint density at radius 3 is 2.21 bits per heavy atom. The molecule has 2 nitrogen and oxygen atoms in total. The van der Waals surface area contributed by atoms with Crippen molar-refractivity contribution in [2.24, 2.45) is 0 Å². The molecule has 1 unspecified atom stereocenters. The van der Waals surface area contributed by atoms with Crippen molar-refractivity contribution in [1.29, 1.82) is 0 Å². The highest BCUT2D eigenvalue weighted by Crippen LogP contribution is 2.50. The molecule has 0 N–H and O–H groups in total. The molecule has 2 aromatic carbocycles. The first-order valence-corrected chi connectivity index (χ1v) is 9.28. The second kappa shape index (κ2) is 7.08. The van der Waals surface area contributed by atoms with E-state index in [9.17, 15) is 0 Å². The first kappa shape index (κ1) is 15.9. The van der Waals surface area contributed by atoms with Crippen molar-refractivity contribution in [3.8, 4) is 0 Å². The number of hydrogen-bond acceptors (Lipinski definition) is 2. The van der Waals surface area contributed by atoms with Gasteiger partial charge in [0, 0.05) is 18.1 Å². The van der Waals surface area contributed by atoms with E-state index in [1.807, 2.05) is 0 Å². The Morgan fingerprint density at radius 2 is 1.54 bits per heavy atom. The summed E-state index contributed by atoms with van der Waals surface area (Å²) in [5.41, 5.74) is 3.18. The van der Waals surface area contributed by atoms with Crippen LogP contribution in [-0.2, 0) is 17.9 Å². The third-order valence-electron chi connectivity index (χ3n) is 5.67. The lowest BCUT2D eigenvalue weighted by atomic mass is 9.93. The van der Waals surface area contributed by atoms with Crippen LogP contribution in [0.4, 0.5) is 0 Å². The second-order valence-electron chi connectivity index (χ2n) is 7.38. The van der Waals surface area contributed by atoms with Crippen molar-refractivity contribution in [1.82, 2.24) is 4.90 Å². The smallest absolute Gasteiger partial charge is 0.0717 e. The van der Waals surface area contributed by atoms with Crippen LogP contribution in [0.3, 0.4) is 0 Å². The van der Waals surface area contributed by atoms with Crippen LogP contribution in [0.2, 0.25) is 0 Å². The third kappa shape index (κ3) is 3.55. The minimum Gasteiger partial charge on any atom is -0.375 e. The fraction of sp³-hybridized carbons (Fsp3) is 0.455. The Bertz CT molecular complexity index is 636. The van der Waals surface area contributed by atoms with Gasteiger partial charge in [-0.15, -0.1) is 0 Å². The second-order valence-corrected chi connectivity index (χ2v) is 7.38. The number of ether oxygens (including phenoxy) is 1. The van der Waals surface area contributed by atoms with E-state index in [1.54, 1.807) is 0 Å². The Kier molecular flexibility index (Phi) is 4.68. The standard InChI is InChI=1S/C22H27NO/c1-3-8-19(9-4-1)16-23-21(12-7-13-22(23)14-15-22)18-24-17-20-10-5-2-6-11-20/h1-6,8-11,21H,7,12-18H2. The summed E-state index contributed by atoms with van der Waals surface area (Å²) in [7, 11) is 0. The van der Waals surface area contributed by atoms with Gasteiger partial charge < -0.3 is 4.74 Å². The topological polar surface area (TPSA) is 12.5 Å². The maximum Gasteiger partial charge on any atom is 0.0717 e. The first-order valence-electron chi connectivity index (χ1n) is 9.28. The molecule has 0 bridgehead atoms. The molecular weight excluding hydrogens is 294 g/mol. The first-order chi connectivity index (χ1) is 11.9. The molecule has 1 spiro atoms. The van der Waals surface area contributed by atoms with Crippen molar-refractivity contribution in [3.05, 3.63) is 71.8 Å². The average Bonchev–Trinajstić information content (AvgIpc) is 3.40. The summed E-state index contributed by atoms with van der Waals surface area (Å²) in [4.78, 5) is 2.76. The predicted molar refractivity (Wildman–Crippen MR) is 97.7 cm³/mol. The zero-order valence-electron chi connectivity index (χ0n) is 14.4. The molecule has 2 heteroatoms. The molecule has 2 aliphatic rings.